The standard InChI is InChI=1S/C21H25NOS.C2H2/c1-16(14-17-6-4-3-5-7-17)22(2)21(23)15-18-8-10-19(11-9-18)24-20-12-13-20;1-2/h3-11,16,20H,12-15H2,1-2H3;1-2H/t16-;/m1./s1. The fourth-order valence-electron chi connectivity index (χ4n) is 2.70. The first-order valence-corrected chi connectivity index (χ1v) is 9.88. The SMILES string of the molecule is C#C.C[C@H](Cc1ccccc1)N(C)C(=O)Cc1ccc(SC2CC2)cc1. The predicted octanol–water partition coefficient (Wildman–Crippen LogP) is 4.82. The van der Waals surface area contributed by atoms with Crippen LogP contribution in [0, 0.1) is 12.8 Å². The highest BCUT2D eigenvalue weighted by Crippen LogP contribution is 2.39. The van der Waals surface area contributed by atoms with Crippen molar-refractivity contribution in [2.45, 2.75) is 48.8 Å². The first-order chi connectivity index (χ1) is 12.6. The van der Waals surface area contributed by atoms with E-state index in [1.165, 1.54) is 23.3 Å². The van der Waals surface area contributed by atoms with Crippen molar-refractivity contribution < 1.29 is 4.79 Å². The Bertz CT molecular complexity index is 704. The highest BCUT2D eigenvalue weighted by atomic mass is 32.2. The molecule has 0 heterocycles. The second kappa shape index (κ2) is 10.1. The lowest BCUT2D eigenvalue weighted by molar-refractivity contribution is -0.130. The van der Waals surface area contributed by atoms with Gasteiger partial charge in [-0.15, -0.1) is 24.6 Å². The van der Waals surface area contributed by atoms with Gasteiger partial charge in [0, 0.05) is 23.2 Å². The number of carbonyl (C=O) groups excluding carboxylic acids is 1. The predicted molar refractivity (Wildman–Crippen MR) is 111 cm³/mol. The summed E-state index contributed by atoms with van der Waals surface area (Å²) in [5.74, 6) is 0.182. The largest absolute Gasteiger partial charge is 0.342 e. The van der Waals surface area contributed by atoms with E-state index in [0.29, 0.717) is 6.42 Å². The Labute approximate surface area is 162 Å². The molecule has 2 aromatic carbocycles. The number of hydrogen-bond acceptors (Lipinski definition) is 2. The van der Waals surface area contributed by atoms with Gasteiger partial charge in [-0.1, -0.05) is 42.5 Å². The van der Waals surface area contributed by atoms with Gasteiger partial charge in [-0.3, -0.25) is 4.79 Å². The van der Waals surface area contributed by atoms with Crippen molar-refractivity contribution in [1.29, 1.82) is 0 Å². The number of carbonyl (C=O) groups is 1. The van der Waals surface area contributed by atoms with E-state index in [-0.39, 0.29) is 11.9 Å². The van der Waals surface area contributed by atoms with Crippen LogP contribution in [0.4, 0.5) is 0 Å². The first-order valence-electron chi connectivity index (χ1n) is 9.00. The lowest BCUT2D eigenvalue weighted by Gasteiger charge is -2.25. The number of nitrogens with zero attached hydrogens (tertiary/aromatic N) is 1. The molecule has 0 radical (unpaired) electrons. The van der Waals surface area contributed by atoms with Crippen LogP contribution in [0.2, 0.25) is 0 Å². The van der Waals surface area contributed by atoms with E-state index < -0.39 is 0 Å². The lowest BCUT2D eigenvalue weighted by atomic mass is 10.1. The number of rotatable bonds is 7. The summed E-state index contributed by atoms with van der Waals surface area (Å²) in [7, 11) is 1.91. The summed E-state index contributed by atoms with van der Waals surface area (Å²) in [6, 6.07) is 19.0. The molecule has 0 N–H and O–H groups in total. The molecule has 1 atom stereocenters. The maximum atomic E-state index is 12.5. The third kappa shape index (κ3) is 6.28. The number of terminal acetylenes is 1. The summed E-state index contributed by atoms with van der Waals surface area (Å²) >= 11 is 1.95. The molecular formula is C23H27NOS. The average molecular weight is 366 g/mol. The number of thioether (sulfide) groups is 1. The molecule has 1 aliphatic rings. The Morgan fingerprint density at radius 2 is 1.69 bits per heavy atom. The van der Waals surface area contributed by atoms with Crippen LogP contribution < -0.4 is 0 Å². The summed E-state index contributed by atoms with van der Waals surface area (Å²) < 4.78 is 0. The van der Waals surface area contributed by atoms with Crippen molar-refractivity contribution >= 4 is 17.7 Å². The van der Waals surface area contributed by atoms with Crippen LogP contribution in [0.3, 0.4) is 0 Å². The molecule has 3 heteroatoms. The maximum Gasteiger partial charge on any atom is 0.226 e. The van der Waals surface area contributed by atoms with E-state index in [4.69, 9.17) is 0 Å². The van der Waals surface area contributed by atoms with Crippen molar-refractivity contribution in [2.24, 2.45) is 0 Å². The van der Waals surface area contributed by atoms with Gasteiger partial charge in [-0.2, -0.15) is 0 Å². The van der Waals surface area contributed by atoms with E-state index in [1.807, 2.05) is 41.9 Å². The maximum absolute atomic E-state index is 12.5. The van der Waals surface area contributed by atoms with Crippen molar-refractivity contribution in [2.75, 3.05) is 7.05 Å². The zero-order valence-corrected chi connectivity index (χ0v) is 16.4. The minimum Gasteiger partial charge on any atom is -0.342 e. The Morgan fingerprint density at radius 3 is 2.27 bits per heavy atom. The van der Waals surface area contributed by atoms with Crippen molar-refractivity contribution in [3.8, 4) is 12.8 Å². The van der Waals surface area contributed by atoms with Crippen LogP contribution in [0.15, 0.2) is 59.5 Å². The second-order valence-corrected chi connectivity index (χ2v) is 8.06. The molecule has 1 amide bonds. The van der Waals surface area contributed by atoms with E-state index in [0.717, 1.165) is 17.2 Å². The minimum absolute atomic E-state index is 0.182. The van der Waals surface area contributed by atoms with Crippen LogP contribution in [-0.2, 0) is 17.6 Å². The summed E-state index contributed by atoms with van der Waals surface area (Å²) in [6.07, 6.45) is 12.0. The Balaban J connectivity index is 0.00000117. The minimum atomic E-state index is 0.182. The smallest absolute Gasteiger partial charge is 0.226 e. The first kappa shape index (κ1) is 20.1. The van der Waals surface area contributed by atoms with Crippen LogP contribution in [0.25, 0.3) is 0 Å². The fraction of sp³-hybridized carbons (Fsp3) is 0.348. The Morgan fingerprint density at radius 1 is 1.08 bits per heavy atom. The summed E-state index contributed by atoms with van der Waals surface area (Å²) in [4.78, 5) is 15.7. The molecule has 0 aliphatic heterocycles. The van der Waals surface area contributed by atoms with Gasteiger partial charge in [0.05, 0.1) is 6.42 Å². The Hall–Kier alpha value is -2.18. The average Bonchev–Trinajstić information content (AvgIpc) is 3.49. The van der Waals surface area contributed by atoms with Gasteiger partial charge in [0.1, 0.15) is 0 Å². The molecule has 26 heavy (non-hydrogen) atoms. The molecular weight excluding hydrogens is 338 g/mol. The third-order valence-electron chi connectivity index (χ3n) is 4.53. The van der Waals surface area contributed by atoms with Crippen molar-refractivity contribution in [3.05, 3.63) is 65.7 Å². The van der Waals surface area contributed by atoms with Gasteiger partial charge >= 0.3 is 0 Å². The normalized spacial score (nSPS) is 14.0. The van der Waals surface area contributed by atoms with E-state index in [2.05, 4.69) is 56.2 Å². The topological polar surface area (TPSA) is 20.3 Å². The number of likely N-dealkylation sites (N-methyl/N-ethyl adjacent to an activating group) is 1. The van der Waals surface area contributed by atoms with E-state index >= 15 is 0 Å². The van der Waals surface area contributed by atoms with Crippen molar-refractivity contribution in [3.63, 3.8) is 0 Å². The van der Waals surface area contributed by atoms with Crippen LogP contribution in [-0.4, -0.2) is 29.1 Å². The van der Waals surface area contributed by atoms with Gasteiger partial charge in [0.2, 0.25) is 5.91 Å². The summed E-state index contributed by atoms with van der Waals surface area (Å²) in [5.41, 5.74) is 2.37. The van der Waals surface area contributed by atoms with E-state index in [1.54, 1.807) is 0 Å². The molecule has 0 saturated heterocycles. The number of amides is 1. The zero-order valence-electron chi connectivity index (χ0n) is 15.6. The van der Waals surface area contributed by atoms with E-state index in [9.17, 15) is 4.79 Å². The lowest BCUT2D eigenvalue weighted by Crippen LogP contribution is -2.37. The molecule has 3 rings (SSSR count). The summed E-state index contributed by atoms with van der Waals surface area (Å²) in [6.45, 7) is 2.11. The van der Waals surface area contributed by atoms with Crippen molar-refractivity contribution in [1.82, 2.24) is 4.90 Å². The zero-order chi connectivity index (χ0) is 18.9. The van der Waals surface area contributed by atoms with Gasteiger partial charge in [0.15, 0.2) is 0 Å². The van der Waals surface area contributed by atoms with Gasteiger partial charge in [-0.25, -0.2) is 0 Å². The van der Waals surface area contributed by atoms with Crippen LogP contribution >= 0.6 is 11.8 Å². The second-order valence-electron chi connectivity index (χ2n) is 6.68. The van der Waals surface area contributed by atoms with Gasteiger partial charge < -0.3 is 4.90 Å². The molecule has 0 unspecified atom stereocenters. The number of benzene rings is 2. The molecule has 0 aromatic heterocycles. The molecule has 1 aliphatic carbocycles. The van der Waals surface area contributed by atoms with Crippen LogP contribution in [0.1, 0.15) is 30.9 Å². The molecule has 0 spiro atoms. The highest BCUT2D eigenvalue weighted by Gasteiger charge is 2.22. The summed E-state index contributed by atoms with van der Waals surface area (Å²) in [5, 5.41) is 0.822. The van der Waals surface area contributed by atoms with Crippen LogP contribution in [0.5, 0.6) is 0 Å². The monoisotopic (exact) mass is 365 g/mol. The quantitative estimate of drug-likeness (QED) is 0.656. The van der Waals surface area contributed by atoms with Gasteiger partial charge in [-0.05, 0) is 49.4 Å². The molecule has 0 bridgehead atoms. The third-order valence-corrected chi connectivity index (χ3v) is 5.88. The Kier molecular flexibility index (Phi) is 7.81. The highest BCUT2D eigenvalue weighted by molar-refractivity contribution is 8.00. The molecule has 136 valence electrons. The molecule has 2 aromatic rings. The molecule has 2 nitrogen and oxygen atoms in total. The molecule has 1 fully saturated rings. The number of hydrogen-bond donors (Lipinski definition) is 0. The molecule has 1 saturated carbocycles. The van der Waals surface area contributed by atoms with Gasteiger partial charge in [0.25, 0.3) is 0 Å². The fourth-order valence-corrected chi connectivity index (χ4v) is 3.75.